The van der Waals surface area contributed by atoms with Crippen LogP contribution in [0.5, 0.6) is 0 Å². The van der Waals surface area contributed by atoms with E-state index >= 15 is 0 Å². The van der Waals surface area contributed by atoms with Gasteiger partial charge in [-0.15, -0.1) is 0 Å². The minimum Gasteiger partial charge on any atom is -0.409 e. The van der Waals surface area contributed by atoms with Crippen molar-refractivity contribution in [3.8, 4) is 0 Å². The molecule has 2 bridgehead atoms. The Morgan fingerprint density at radius 3 is 2.56 bits per heavy atom. The number of alkyl halides is 3. The molecule has 18 heavy (non-hydrogen) atoms. The number of hydrogen-bond acceptors (Lipinski definition) is 3. The SMILES string of the molecule is NC(=NO)C(CNC1CC2CCC1C2)C(F)(F)F. The van der Waals surface area contributed by atoms with Gasteiger partial charge in [0.25, 0.3) is 0 Å². The van der Waals surface area contributed by atoms with Crippen LogP contribution in [0, 0.1) is 17.8 Å². The topological polar surface area (TPSA) is 70.6 Å². The number of fused-ring (bicyclic) bond motifs is 2. The maximum atomic E-state index is 12.7. The zero-order valence-corrected chi connectivity index (χ0v) is 9.95. The van der Waals surface area contributed by atoms with Gasteiger partial charge in [-0.2, -0.15) is 13.2 Å². The van der Waals surface area contributed by atoms with Crippen molar-refractivity contribution in [2.75, 3.05) is 6.54 Å². The molecule has 0 aliphatic heterocycles. The van der Waals surface area contributed by atoms with Crippen LogP contribution in [-0.4, -0.2) is 29.8 Å². The average molecular weight is 265 g/mol. The van der Waals surface area contributed by atoms with E-state index in [1.54, 1.807) is 0 Å². The number of nitrogens with one attached hydrogen (secondary N) is 1. The molecule has 0 saturated heterocycles. The van der Waals surface area contributed by atoms with Crippen LogP contribution in [-0.2, 0) is 0 Å². The molecule has 2 saturated carbocycles. The summed E-state index contributed by atoms with van der Waals surface area (Å²) in [5, 5.41) is 13.8. The highest BCUT2D eigenvalue weighted by Gasteiger charge is 2.45. The van der Waals surface area contributed by atoms with Crippen molar-refractivity contribution in [1.82, 2.24) is 5.32 Å². The quantitative estimate of drug-likeness (QED) is 0.313. The van der Waals surface area contributed by atoms with Crippen molar-refractivity contribution in [3.63, 3.8) is 0 Å². The van der Waals surface area contributed by atoms with Crippen molar-refractivity contribution in [3.05, 3.63) is 0 Å². The van der Waals surface area contributed by atoms with Gasteiger partial charge in [0.15, 0.2) is 5.84 Å². The fourth-order valence-electron chi connectivity index (χ4n) is 3.22. The third kappa shape index (κ3) is 2.71. The van der Waals surface area contributed by atoms with E-state index in [9.17, 15) is 13.2 Å². The Kier molecular flexibility index (Phi) is 3.70. The lowest BCUT2D eigenvalue weighted by Gasteiger charge is -2.26. The van der Waals surface area contributed by atoms with E-state index in [0.717, 1.165) is 19.3 Å². The van der Waals surface area contributed by atoms with Gasteiger partial charge >= 0.3 is 6.18 Å². The Hall–Kier alpha value is -0.980. The van der Waals surface area contributed by atoms with Crippen LogP contribution < -0.4 is 11.1 Å². The second-order valence-electron chi connectivity index (χ2n) is 5.31. The Balaban J connectivity index is 1.90. The number of oxime groups is 1. The Labute approximate surface area is 103 Å². The highest BCUT2D eigenvalue weighted by molar-refractivity contribution is 5.83. The highest BCUT2D eigenvalue weighted by atomic mass is 19.4. The minimum absolute atomic E-state index is 0.153. The number of amidine groups is 1. The zero-order valence-electron chi connectivity index (χ0n) is 9.95. The molecule has 104 valence electrons. The first-order valence-corrected chi connectivity index (χ1v) is 6.19. The third-order valence-corrected chi connectivity index (χ3v) is 4.19. The number of nitrogens with zero attached hydrogens (tertiary/aromatic N) is 1. The van der Waals surface area contributed by atoms with Crippen LogP contribution in [0.4, 0.5) is 13.2 Å². The third-order valence-electron chi connectivity index (χ3n) is 4.19. The van der Waals surface area contributed by atoms with Crippen molar-refractivity contribution >= 4 is 5.84 Å². The molecule has 4 atom stereocenters. The molecule has 0 amide bonds. The lowest BCUT2D eigenvalue weighted by Crippen LogP contribution is -2.46. The van der Waals surface area contributed by atoms with E-state index in [2.05, 4.69) is 10.5 Å². The van der Waals surface area contributed by atoms with E-state index < -0.39 is 17.9 Å². The van der Waals surface area contributed by atoms with E-state index in [4.69, 9.17) is 10.9 Å². The second kappa shape index (κ2) is 4.95. The monoisotopic (exact) mass is 265 g/mol. The van der Waals surface area contributed by atoms with Gasteiger partial charge in [0.1, 0.15) is 5.92 Å². The summed E-state index contributed by atoms with van der Waals surface area (Å²) in [6, 6.07) is 0.153. The lowest BCUT2D eigenvalue weighted by molar-refractivity contribution is -0.155. The molecule has 0 spiro atoms. The molecule has 0 heterocycles. The number of halogens is 3. The van der Waals surface area contributed by atoms with Gasteiger partial charge in [-0.3, -0.25) is 0 Å². The molecule has 4 unspecified atom stereocenters. The molecule has 2 aliphatic carbocycles. The van der Waals surface area contributed by atoms with Crippen molar-refractivity contribution in [2.45, 2.75) is 37.9 Å². The molecule has 2 rings (SSSR count). The summed E-state index contributed by atoms with van der Waals surface area (Å²) in [6.45, 7) is -0.312. The first-order valence-electron chi connectivity index (χ1n) is 6.19. The van der Waals surface area contributed by atoms with Crippen LogP contribution in [0.2, 0.25) is 0 Å². The average Bonchev–Trinajstić information content (AvgIpc) is 2.88. The fourth-order valence-corrected chi connectivity index (χ4v) is 3.22. The Bertz CT molecular complexity index is 332. The number of nitrogens with two attached hydrogens (primary N) is 1. The molecule has 0 aromatic carbocycles. The number of rotatable bonds is 4. The zero-order chi connectivity index (χ0) is 13.3. The van der Waals surface area contributed by atoms with E-state index in [-0.39, 0.29) is 12.6 Å². The molecule has 4 nitrogen and oxygen atoms in total. The highest BCUT2D eigenvalue weighted by Crippen LogP contribution is 2.44. The second-order valence-corrected chi connectivity index (χ2v) is 5.31. The summed E-state index contributed by atoms with van der Waals surface area (Å²) in [5.41, 5.74) is 5.10. The Morgan fingerprint density at radius 1 is 1.39 bits per heavy atom. The van der Waals surface area contributed by atoms with Gasteiger partial charge in [-0.1, -0.05) is 11.6 Å². The van der Waals surface area contributed by atoms with Crippen LogP contribution in [0.3, 0.4) is 0 Å². The van der Waals surface area contributed by atoms with Gasteiger partial charge < -0.3 is 16.3 Å². The van der Waals surface area contributed by atoms with Crippen molar-refractivity contribution in [1.29, 1.82) is 0 Å². The maximum Gasteiger partial charge on any atom is 0.400 e. The largest absolute Gasteiger partial charge is 0.409 e. The number of hydrogen-bond donors (Lipinski definition) is 3. The minimum atomic E-state index is -4.49. The predicted molar refractivity (Wildman–Crippen MR) is 60.2 cm³/mol. The molecule has 0 radical (unpaired) electrons. The molecule has 7 heteroatoms. The molecule has 2 fully saturated rings. The lowest BCUT2D eigenvalue weighted by atomic mass is 9.94. The van der Waals surface area contributed by atoms with E-state index in [0.29, 0.717) is 11.8 Å². The first kappa shape index (κ1) is 13.5. The van der Waals surface area contributed by atoms with Gasteiger partial charge in [-0.05, 0) is 31.1 Å². The van der Waals surface area contributed by atoms with Crippen LogP contribution >= 0.6 is 0 Å². The van der Waals surface area contributed by atoms with Crippen molar-refractivity contribution in [2.24, 2.45) is 28.6 Å². The first-order chi connectivity index (χ1) is 8.41. The molecule has 2 aliphatic rings. The van der Waals surface area contributed by atoms with Gasteiger partial charge in [0.2, 0.25) is 0 Å². The predicted octanol–water partition coefficient (Wildman–Crippen LogP) is 1.69. The van der Waals surface area contributed by atoms with Crippen LogP contribution in [0.1, 0.15) is 25.7 Å². The summed E-state index contributed by atoms with van der Waals surface area (Å²) in [4.78, 5) is 0. The fraction of sp³-hybridized carbons (Fsp3) is 0.909. The van der Waals surface area contributed by atoms with Crippen LogP contribution in [0.25, 0.3) is 0 Å². The molecular weight excluding hydrogens is 247 g/mol. The van der Waals surface area contributed by atoms with Gasteiger partial charge in [-0.25, -0.2) is 0 Å². The van der Waals surface area contributed by atoms with Crippen LogP contribution in [0.15, 0.2) is 5.16 Å². The Morgan fingerprint density at radius 2 is 2.11 bits per heavy atom. The van der Waals surface area contributed by atoms with E-state index in [1.165, 1.54) is 6.42 Å². The summed E-state index contributed by atoms with van der Waals surface area (Å²) in [7, 11) is 0. The van der Waals surface area contributed by atoms with E-state index in [1.807, 2.05) is 0 Å². The molecular formula is C11H18F3N3O. The molecule has 0 aromatic rings. The van der Waals surface area contributed by atoms with Gasteiger partial charge in [0, 0.05) is 12.6 Å². The standard InChI is InChI=1S/C11H18F3N3O/c12-11(13,14)8(10(15)17-18)5-16-9-4-6-1-2-7(9)3-6/h6-9,16,18H,1-5H2,(H2,15,17). The van der Waals surface area contributed by atoms with Crippen molar-refractivity contribution < 1.29 is 18.4 Å². The summed E-state index contributed by atoms with van der Waals surface area (Å²) < 4.78 is 38.1. The normalized spacial score (nSPS) is 33.9. The van der Waals surface area contributed by atoms with Gasteiger partial charge in [0.05, 0.1) is 0 Å². The summed E-state index contributed by atoms with van der Waals surface area (Å²) in [5.74, 6) is -1.53. The smallest absolute Gasteiger partial charge is 0.400 e. The maximum absolute atomic E-state index is 12.7. The molecule has 0 aromatic heterocycles. The summed E-state index contributed by atoms with van der Waals surface area (Å²) >= 11 is 0. The summed E-state index contributed by atoms with van der Waals surface area (Å²) in [6.07, 6.45) is -0.112. The molecule has 4 N–H and O–H groups in total.